The van der Waals surface area contributed by atoms with Crippen LogP contribution in [0.15, 0.2) is 24.3 Å². The number of Topliss-reactive ketones (excluding diaryl/α,β-unsaturated/α-hetero) is 1. The lowest BCUT2D eigenvalue weighted by Crippen LogP contribution is -2.37. The predicted octanol–water partition coefficient (Wildman–Crippen LogP) is 3.12. The number of hydrogen-bond donors (Lipinski definition) is 1. The lowest BCUT2D eigenvalue weighted by molar-refractivity contribution is -0.120. The Bertz CT molecular complexity index is 468. The van der Waals surface area contributed by atoms with Crippen molar-refractivity contribution in [3.8, 4) is 5.75 Å². The maximum Gasteiger partial charge on any atom is 0.150 e. The monoisotopic (exact) mass is 287 g/mol. The maximum absolute atomic E-state index is 12.4. The largest absolute Gasteiger partial charge is 0.497 e. The molecule has 3 heteroatoms. The van der Waals surface area contributed by atoms with Gasteiger partial charge < -0.3 is 10.1 Å². The van der Waals surface area contributed by atoms with Crippen LogP contribution in [0.3, 0.4) is 0 Å². The highest BCUT2D eigenvalue weighted by Gasteiger charge is 2.37. The van der Waals surface area contributed by atoms with Gasteiger partial charge in [0, 0.05) is 12.5 Å². The number of ketones is 1. The normalized spacial score (nSPS) is 28.1. The first-order valence-electron chi connectivity index (χ1n) is 8.18. The molecule has 2 aliphatic rings. The SMILES string of the molecule is COc1ccc(CCC(=O)C2CC3CCCCC3N2)cc1. The second-order valence-electron chi connectivity index (χ2n) is 6.42. The van der Waals surface area contributed by atoms with Crippen molar-refractivity contribution in [2.75, 3.05) is 7.11 Å². The van der Waals surface area contributed by atoms with E-state index in [4.69, 9.17) is 4.74 Å². The van der Waals surface area contributed by atoms with E-state index in [1.54, 1.807) is 7.11 Å². The minimum atomic E-state index is 0.108. The molecule has 3 atom stereocenters. The van der Waals surface area contributed by atoms with Crippen molar-refractivity contribution in [1.82, 2.24) is 5.32 Å². The molecule has 0 bridgehead atoms. The average Bonchev–Trinajstić information content (AvgIpc) is 2.97. The molecule has 1 heterocycles. The molecule has 3 unspecified atom stereocenters. The first-order valence-corrected chi connectivity index (χ1v) is 8.18. The average molecular weight is 287 g/mol. The Balaban J connectivity index is 1.49. The van der Waals surface area contributed by atoms with Crippen molar-refractivity contribution in [2.24, 2.45) is 5.92 Å². The van der Waals surface area contributed by atoms with Gasteiger partial charge in [-0.1, -0.05) is 25.0 Å². The van der Waals surface area contributed by atoms with Crippen LogP contribution in [-0.4, -0.2) is 25.0 Å². The summed E-state index contributed by atoms with van der Waals surface area (Å²) in [5, 5.41) is 3.58. The minimum Gasteiger partial charge on any atom is -0.497 e. The van der Waals surface area contributed by atoms with Crippen LogP contribution in [0.1, 0.15) is 44.1 Å². The third kappa shape index (κ3) is 3.46. The van der Waals surface area contributed by atoms with Gasteiger partial charge in [0.2, 0.25) is 0 Å². The van der Waals surface area contributed by atoms with Gasteiger partial charge in [0.15, 0.2) is 0 Å². The number of hydrogen-bond acceptors (Lipinski definition) is 3. The number of carbonyl (C=O) groups excluding carboxylic acids is 1. The fourth-order valence-electron chi connectivity index (χ4n) is 3.80. The summed E-state index contributed by atoms with van der Waals surface area (Å²) in [7, 11) is 1.67. The topological polar surface area (TPSA) is 38.3 Å². The van der Waals surface area contributed by atoms with Gasteiger partial charge in [-0.15, -0.1) is 0 Å². The molecule has 1 saturated heterocycles. The van der Waals surface area contributed by atoms with Crippen molar-refractivity contribution >= 4 is 5.78 Å². The van der Waals surface area contributed by atoms with E-state index in [9.17, 15) is 4.79 Å². The summed E-state index contributed by atoms with van der Waals surface area (Å²) in [5.74, 6) is 2.00. The third-order valence-electron chi connectivity index (χ3n) is 5.07. The van der Waals surface area contributed by atoms with E-state index in [1.165, 1.54) is 31.2 Å². The third-order valence-corrected chi connectivity index (χ3v) is 5.07. The minimum absolute atomic E-state index is 0.108. The van der Waals surface area contributed by atoms with Crippen molar-refractivity contribution in [1.29, 1.82) is 0 Å². The van der Waals surface area contributed by atoms with E-state index in [-0.39, 0.29) is 6.04 Å². The van der Waals surface area contributed by atoms with Gasteiger partial charge in [-0.3, -0.25) is 4.79 Å². The van der Waals surface area contributed by atoms with E-state index in [0.717, 1.165) is 24.5 Å². The fourth-order valence-corrected chi connectivity index (χ4v) is 3.80. The van der Waals surface area contributed by atoms with Gasteiger partial charge in [0.05, 0.1) is 13.2 Å². The summed E-state index contributed by atoms with van der Waals surface area (Å²) in [5.41, 5.74) is 1.21. The zero-order valence-electron chi connectivity index (χ0n) is 12.8. The number of methoxy groups -OCH3 is 1. The van der Waals surface area contributed by atoms with Gasteiger partial charge >= 0.3 is 0 Å². The molecular weight excluding hydrogens is 262 g/mol. The molecule has 1 aliphatic carbocycles. The predicted molar refractivity (Wildman–Crippen MR) is 83.6 cm³/mol. The van der Waals surface area contributed by atoms with Crippen LogP contribution in [0.2, 0.25) is 0 Å². The first kappa shape index (κ1) is 14.6. The zero-order valence-corrected chi connectivity index (χ0v) is 12.8. The first-order chi connectivity index (χ1) is 10.3. The molecule has 2 fully saturated rings. The summed E-state index contributed by atoms with van der Waals surface area (Å²) in [6.07, 6.45) is 7.76. The number of aryl methyl sites for hydroxylation is 1. The van der Waals surface area contributed by atoms with Crippen LogP contribution in [-0.2, 0) is 11.2 Å². The summed E-state index contributed by atoms with van der Waals surface area (Å²) in [4.78, 5) is 12.4. The Labute approximate surface area is 127 Å². The number of fused-ring (bicyclic) bond motifs is 1. The molecule has 1 aromatic carbocycles. The number of ether oxygens (including phenoxy) is 1. The molecule has 0 amide bonds. The highest BCUT2D eigenvalue weighted by Crippen LogP contribution is 2.33. The van der Waals surface area contributed by atoms with Crippen molar-refractivity contribution in [3.05, 3.63) is 29.8 Å². The molecule has 1 aromatic rings. The number of nitrogens with one attached hydrogen (secondary N) is 1. The van der Waals surface area contributed by atoms with Crippen LogP contribution in [0, 0.1) is 5.92 Å². The van der Waals surface area contributed by atoms with Crippen LogP contribution in [0.5, 0.6) is 5.75 Å². The Morgan fingerprint density at radius 1 is 1.24 bits per heavy atom. The van der Waals surface area contributed by atoms with Gasteiger partial charge in [-0.25, -0.2) is 0 Å². The van der Waals surface area contributed by atoms with Gasteiger partial charge in [-0.2, -0.15) is 0 Å². The zero-order chi connectivity index (χ0) is 14.7. The van der Waals surface area contributed by atoms with Gasteiger partial charge in [0.1, 0.15) is 11.5 Å². The number of carbonyl (C=O) groups is 1. The molecule has 114 valence electrons. The molecule has 1 saturated carbocycles. The van der Waals surface area contributed by atoms with E-state index in [2.05, 4.69) is 5.32 Å². The number of benzene rings is 1. The Morgan fingerprint density at radius 2 is 2.00 bits per heavy atom. The molecule has 21 heavy (non-hydrogen) atoms. The van der Waals surface area contributed by atoms with Crippen LogP contribution in [0.4, 0.5) is 0 Å². The van der Waals surface area contributed by atoms with E-state index in [0.29, 0.717) is 18.2 Å². The van der Waals surface area contributed by atoms with Crippen LogP contribution in [0.25, 0.3) is 0 Å². The quantitative estimate of drug-likeness (QED) is 0.904. The van der Waals surface area contributed by atoms with Gasteiger partial charge in [-0.05, 0) is 49.3 Å². The van der Waals surface area contributed by atoms with E-state index in [1.807, 2.05) is 24.3 Å². The summed E-state index contributed by atoms with van der Waals surface area (Å²) in [6.45, 7) is 0. The molecule has 3 rings (SSSR count). The molecule has 0 radical (unpaired) electrons. The standard InChI is InChI=1S/C18H25NO2/c1-21-15-9-6-13(7-10-15)8-11-18(20)17-12-14-4-2-3-5-16(14)19-17/h6-7,9-10,14,16-17,19H,2-5,8,11-12H2,1H3. The smallest absolute Gasteiger partial charge is 0.150 e. The summed E-state index contributed by atoms with van der Waals surface area (Å²) >= 11 is 0. The highest BCUT2D eigenvalue weighted by atomic mass is 16.5. The second-order valence-corrected chi connectivity index (χ2v) is 6.42. The number of rotatable bonds is 5. The van der Waals surface area contributed by atoms with Crippen molar-refractivity contribution in [2.45, 2.75) is 57.0 Å². The molecule has 1 N–H and O–H groups in total. The maximum atomic E-state index is 12.4. The Hall–Kier alpha value is -1.35. The molecule has 3 nitrogen and oxygen atoms in total. The lowest BCUT2D eigenvalue weighted by Gasteiger charge is -2.24. The van der Waals surface area contributed by atoms with Crippen molar-refractivity contribution < 1.29 is 9.53 Å². The Morgan fingerprint density at radius 3 is 2.71 bits per heavy atom. The van der Waals surface area contributed by atoms with E-state index >= 15 is 0 Å². The van der Waals surface area contributed by atoms with Crippen LogP contribution < -0.4 is 10.1 Å². The highest BCUT2D eigenvalue weighted by molar-refractivity contribution is 5.84. The van der Waals surface area contributed by atoms with Gasteiger partial charge in [0.25, 0.3) is 0 Å². The summed E-state index contributed by atoms with van der Waals surface area (Å²) < 4.78 is 5.15. The molecule has 1 aliphatic heterocycles. The molecule has 0 spiro atoms. The fraction of sp³-hybridized carbons (Fsp3) is 0.611. The Kier molecular flexibility index (Phi) is 4.59. The van der Waals surface area contributed by atoms with Crippen LogP contribution >= 0.6 is 0 Å². The molecule has 0 aromatic heterocycles. The summed E-state index contributed by atoms with van der Waals surface area (Å²) in [6, 6.07) is 8.73. The van der Waals surface area contributed by atoms with Crippen molar-refractivity contribution in [3.63, 3.8) is 0 Å². The lowest BCUT2D eigenvalue weighted by atomic mass is 9.84. The van der Waals surface area contributed by atoms with E-state index < -0.39 is 0 Å². The second kappa shape index (κ2) is 6.61. The molecular formula is C18H25NO2.